The molecule has 0 atom stereocenters. The molecule has 0 saturated heterocycles. The molecule has 0 amide bonds. The van der Waals surface area contributed by atoms with E-state index in [0.29, 0.717) is 19.0 Å². The molecule has 3 rings (SSSR count). The van der Waals surface area contributed by atoms with Crippen LogP contribution in [0.1, 0.15) is 41.2 Å². The van der Waals surface area contributed by atoms with E-state index in [1.165, 1.54) is 11.1 Å². The number of nitrogens with zero attached hydrogens (tertiary/aromatic N) is 3. The molecule has 0 radical (unpaired) electrons. The normalized spacial score (nSPS) is 11.8. The van der Waals surface area contributed by atoms with Gasteiger partial charge in [-0.05, 0) is 51.1 Å². The fraction of sp³-hybridized carbons (Fsp3) is 0.391. The summed E-state index contributed by atoms with van der Waals surface area (Å²) >= 11 is 0. The molecule has 0 aliphatic rings. The average molecular weight is 410 g/mol. The van der Waals surface area contributed by atoms with E-state index < -0.39 is 0 Å². The van der Waals surface area contributed by atoms with E-state index in [-0.39, 0.29) is 0 Å². The standard InChI is InChI=1S/C23H31N5O2/c1-5-24-23(26-14-22-27-17(2)18(3)30-22)25-13-19-9-6-7-10-20(19)15-28(4)16-21-11-8-12-29-21/h6-12H,5,13-16H2,1-4H3,(H2,24,25,26). The summed E-state index contributed by atoms with van der Waals surface area (Å²) in [5.74, 6) is 3.21. The van der Waals surface area contributed by atoms with Crippen LogP contribution < -0.4 is 10.6 Å². The summed E-state index contributed by atoms with van der Waals surface area (Å²) in [5.41, 5.74) is 3.37. The molecule has 2 aromatic heterocycles. The maximum Gasteiger partial charge on any atom is 0.214 e. The lowest BCUT2D eigenvalue weighted by Crippen LogP contribution is -2.36. The van der Waals surface area contributed by atoms with Gasteiger partial charge in [-0.1, -0.05) is 24.3 Å². The van der Waals surface area contributed by atoms with Crippen LogP contribution in [0.2, 0.25) is 0 Å². The lowest BCUT2D eigenvalue weighted by atomic mass is 10.1. The first kappa shape index (κ1) is 21.6. The first-order valence-corrected chi connectivity index (χ1v) is 10.3. The summed E-state index contributed by atoms with van der Waals surface area (Å²) in [4.78, 5) is 11.4. The molecule has 0 unspecified atom stereocenters. The lowest BCUT2D eigenvalue weighted by molar-refractivity contribution is 0.287. The SMILES string of the molecule is CCNC(=NCc1ccccc1CN(C)Cc1ccco1)NCc1nc(C)c(C)o1. The van der Waals surface area contributed by atoms with Crippen molar-refractivity contribution in [3.05, 3.63) is 76.9 Å². The molecule has 2 heterocycles. The topological polar surface area (TPSA) is 78.8 Å². The second-order valence-corrected chi connectivity index (χ2v) is 7.32. The third-order valence-corrected chi connectivity index (χ3v) is 4.80. The second-order valence-electron chi connectivity index (χ2n) is 7.32. The van der Waals surface area contributed by atoms with Crippen molar-refractivity contribution in [3.8, 4) is 0 Å². The number of guanidine groups is 1. The number of aryl methyl sites for hydroxylation is 2. The Kier molecular flexibility index (Phi) is 7.68. The largest absolute Gasteiger partial charge is 0.468 e. The second kappa shape index (κ2) is 10.6. The van der Waals surface area contributed by atoms with Gasteiger partial charge in [0.2, 0.25) is 5.89 Å². The Hall–Kier alpha value is -3.06. The van der Waals surface area contributed by atoms with Crippen molar-refractivity contribution < 1.29 is 8.83 Å². The summed E-state index contributed by atoms with van der Waals surface area (Å²) < 4.78 is 11.1. The maximum atomic E-state index is 5.64. The predicted octanol–water partition coefficient (Wildman–Crippen LogP) is 3.77. The molecule has 2 N–H and O–H groups in total. The molecule has 3 aromatic rings. The van der Waals surface area contributed by atoms with E-state index >= 15 is 0 Å². The van der Waals surface area contributed by atoms with Gasteiger partial charge in [0.1, 0.15) is 11.5 Å². The number of aliphatic imine (C=N–C) groups is 1. The third-order valence-electron chi connectivity index (χ3n) is 4.80. The van der Waals surface area contributed by atoms with Crippen molar-refractivity contribution >= 4 is 5.96 Å². The van der Waals surface area contributed by atoms with Gasteiger partial charge in [-0.15, -0.1) is 0 Å². The van der Waals surface area contributed by atoms with E-state index in [1.807, 2.05) is 32.9 Å². The maximum absolute atomic E-state index is 5.64. The Morgan fingerprint density at radius 3 is 2.53 bits per heavy atom. The number of rotatable bonds is 9. The molecule has 30 heavy (non-hydrogen) atoms. The fourth-order valence-electron chi connectivity index (χ4n) is 3.16. The van der Waals surface area contributed by atoms with Gasteiger partial charge in [0.15, 0.2) is 5.96 Å². The molecule has 0 spiro atoms. The summed E-state index contributed by atoms with van der Waals surface area (Å²) in [6.07, 6.45) is 1.71. The molecule has 0 aliphatic carbocycles. The van der Waals surface area contributed by atoms with E-state index in [9.17, 15) is 0 Å². The van der Waals surface area contributed by atoms with Crippen molar-refractivity contribution in [2.24, 2.45) is 4.99 Å². The number of oxazole rings is 1. The molecule has 0 fully saturated rings. The molecule has 0 aliphatic heterocycles. The van der Waals surface area contributed by atoms with E-state index in [1.54, 1.807) is 6.26 Å². The zero-order valence-electron chi connectivity index (χ0n) is 18.2. The Balaban J connectivity index is 1.63. The molecule has 7 nitrogen and oxygen atoms in total. The molecule has 0 bridgehead atoms. The van der Waals surface area contributed by atoms with Gasteiger partial charge in [-0.25, -0.2) is 9.98 Å². The van der Waals surface area contributed by atoms with Gasteiger partial charge in [0.05, 0.1) is 31.6 Å². The van der Waals surface area contributed by atoms with Crippen LogP contribution in [0.15, 0.2) is 56.5 Å². The zero-order chi connectivity index (χ0) is 21.3. The highest BCUT2D eigenvalue weighted by Gasteiger charge is 2.09. The molecular weight excluding hydrogens is 378 g/mol. The van der Waals surface area contributed by atoms with Gasteiger partial charge in [0.25, 0.3) is 0 Å². The van der Waals surface area contributed by atoms with Crippen molar-refractivity contribution in [2.45, 2.75) is 47.0 Å². The Morgan fingerprint density at radius 1 is 1.07 bits per heavy atom. The first-order chi connectivity index (χ1) is 14.5. The van der Waals surface area contributed by atoms with Crippen LogP contribution in [0.3, 0.4) is 0 Å². The predicted molar refractivity (Wildman–Crippen MR) is 118 cm³/mol. The van der Waals surface area contributed by atoms with Crippen LogP contribution in [-0.4, -0.2) is 29.4 Å². The number of nitrogens with one attached hydrogen (secondary N) is 2. The Morgan fingerprint density at radius 2 is 1.87 bits per heavy atom. The lowest BCUT2D eigenvalue weighted by Gasteiger charge is -2.17. The van der Waals surface area contributed by atoms with Crippen LogP contribution in [0, 0.1) is 13.8 Å². The van der Waals surface area contributed by atoms with Gasteiger partial charge >= 0.3 is 0 Å². The van der Waals surface area contributed by atoms with Gasteiger partial charge in [0, 0.05) is 13.1 Å². The van der Waals surface area contributed by atoms with Crippen LogP contribution in [-0.2, 0) is 26.2 Å². The molecule has 0 saturated carbocycles. The minimum atomic E-state index is 0.494. The smallest absolute Gasteiger partial charge is 0.214 e. The number of furan rings is 1. The monoisotopic (exact) mass is 409 g/mol. The van der Waals surface area contributed by atoms with E-state index in [4.69, 9.17) is 13.8 Å². The zero-order valence-corrected chi connectivity index (χ0v) is 18.2. The minimum absolute atomic E-state index is 0.494. The van der Waals surface area contributed by atoms with Crippen LogP contribution >= 0.6 is 0 Å². The summed E-state index contributed by atoms with van der Waals surface area (Å²) in [6.45, 7) is 9.37. The quantitative estimate of drug-likeness (QED) is 0.414. The Bertz CT molecular complexity index is 927. The molecular formula is C23H31N5O2. The van der Waals surface area contributed by atoms with Gasteiger partial charge in [-0.2, -0.15) is 0 Å². The average Bonchev–Trinajstić information content (AvgIpc) is 3.34. The van der Waals surface area contributed by atoms with Crippen molar-refractivity contribution in [2.75, 3.05) is 13.6 Å². The summed E-state index contributed by atoms with van der Waals surface area (Å²) in [7, 11) is 2.09. The van der Waals surface area contributed by atoms with Crippen LogP contribution in [0.4, 0.5) is 0 Å². The van der Waals surface area contributed by atoms with Gasteiger partial charge in [-0.3, -0.25) is 4.90 Å². The molecule has 160 valence electrons. The highest BCUT2D eigenvalue weighted by atomic mass is 16.4. The van der Waals surface area contributed by atoms with Crippen LogP contribution in [0.25, 0.3) is 0 Å². The highest BCUT2D eigenvalue weighted by molar-refractivity contribution is 5.79. The summed E-state index contributed by atoms with van der Waals surface area (Å²) in [5, 5.41) is 6.58. The molecule has 1 aromatic carbocycles. The minimum Gasteiger partial charge on any atom is -0.468 e. The van der Waals surface area contributed by atoms with E-state index in [0.717, 1.165) is 42.8 Å². The number of aromatic nitrogens is 1. The van der Waals surface area contributed by atoms with Crippen LogP contribution in [0.5, 0.6) is 0 Å². The molecule has 7 heteroatoms. The highest BCUT2D eigenvalue weighted by Crippen LogP contribution is 2.14. The first-order valence-electron chi connectivity index (χ1n) is 10.3. The van der Waals surface area contributed by atoms with E-state index in [2.05, 4.69) is 51.8 Å². The van der Waals surface area contributed by atoms with Crippen molar-refractivity contribution in [3.63, 3.8) is 0 Å². The third kappa shape index (κ3) is 6.22. The van der Waals surface area contributed by atoms with Gasteiger partial charge < -0.3 is 19.5 Å². The number of hydrogen-bond donors (Lipinski definition) is 2. The van der Waals surface area contributed by atoms with Crippen molar-refractivity contribution in [1.82, 2.24) is 20.5 Å². The van der Waals surface area contributed by atoms with Crippen molar-refractivity contribution in [1.29, 1.82) is 0 Å². The number of benzene rings is 1. The fourth-order valence-corrected chi connectivity index (χ4v) is 3.16. The summed E-state index contributed by atoms with van der Waals surface area (Å²) in [6, 6.07) is 12.3. The number of hydrogen-bond acceptors (Lipinski definition) is 5. The Labute approximate surface area is 178 Å².